The van der Waals surface area contributed by atoms with Crippen molar-refractivity contribution in [2.45, 2.75) is 138 Å². The van der Waals surface area contributed by atoms with E-state index in [0.29, 0.717) is 50.7 Å². The van der Waals surface area contributed by atoms with Crippen LogP contribution in [0.2, 0.25) is 0 Å². The Morgan fingerprint density at radius 1 is 0.410 bits per heavy atom. The Labute approximate surface area is 755 Å². The minimum atomic E-state index is -0.750. The first-order valence-corrected chi connectivity index (χ1v) is 42.1. The number of ether oxygens (including phenoxy) is 3. The molecule has 122 heavy (non-hydrogen) atoms. The topological polar surface area (TPSA) is 213 Å². The van der Waals surface area contributed by atoms with E-state index in [2.05, 4.69) is 208 Å². The number of nitrogens with zero attached hydrogens (tertiary/aromatic N) is 10. The zero-order valence-corrected chi connectivity index (χ0v) is 74.3. The van der Waals surface area contributed by atoms with Gasteiger partial charge in [-0.1, -0.05) is 246 Å². The number of amides is 3. The van der Waals surface area contributed by atoms with Crippen LogP contribution in [0, 0.1) is 0 Å². The van der Waals surface area contributed by atoms with Gasteiger partial charge in [-0.15, -0.1) is 5.60 Å². The fraction of sp³-hybridized carbons (Fsp3) is 0.287. The van der Waals surface area contributed by atoms with Crippen molar-refractivity contribution >= 4 is 82.4 Å². The second-order valence-corrected chi connectivity index (χ2v) is 32.6. The Bertz CT molecular complexity index is 6040. The minimum absolute atomic E-state index is 0. The number of aryl methyl sites for hydroxylation is 1. The number of hydrogen-bond donors (Lipinski definition) is 3. The zero-order valence-electron chi connectivity index (χ0n) is 71.1. The third kappa shape index (κ3) is 19.1. The van der Waals surface area contributed by atoms with Crippen LogP contribution in [0.4, 0.5) is 0 Å². The molecule has 0 fully saturated rings. The van der Waals surface area contributed by atoms with Crippen LogP contribution in [0.15, 0.2) is 237 Å². The SMILES string of the molecule is CC(C)(C)[O-].CCCn1nc2c(c1C(=O)NCc1cccc3ccccc13)CN(Cc1ccc(OC)c3ccccc13)CC2.COc1ccc(CN2CCc3nn(CCO)c(C(=O)NCc4cccc5ccccc45)c3C2)c2ccccc12.COc1ccc(CN2CCc3nn4c(c3C2)C(=O)N(Cc2cccc3ccccc23)CC4)c2ccccc12.[K+]. The minimum Gasteiger partial charge on any atom is -0.850 e. The van der Waals surface area contributed by atoms with Crippen LogP contribution >= 0.6 is 0 Å². The standard InChI is InChI=1S/C33H34N4O2.C32H32N4O3.C32H30N4O2.C4H9O.K/c1-3-18-37-32(33(38)34-20-24-11-8-10-23-9-4-5-12-26(23)24)29-22-36(19-17-30(29)35-37)21-25-15-16-31(39-2)28-14-7-6-13-27(25)28;1-39-30-14-13-24(26-11-4-5-12-27(26)30)20-35-16-15-29-28(21-35)31(36(34-29)17-18-37)32(38)33-19-23-9-6-8-22-7-2-3-10-25(22)23;1-38-30-14-13-24(26-11-4-5-12-27(26)30)19-34-16-15-29-28(21-34)31-32(37)35(17-18-36(31)33-29)20-23-9-6-8-22-7-2-3-10-25(22)23;1-4(2,3)5;/h4-16H,3,17-22H2,1-2H3,(H,34,38);2-14,37H,15-21H2,1H3,(H,33,38);2-14H,15-21H2,1H3;1-3H3;/q;;;-1;+1. The molecule has 4 aliphatic rings. The van der Waals surface area contributed by atoms with Crippen molar-refractivity contribution in [3.05, 3.63) is 321 Å². The Hall–Kier alpha value is -10.9. The molecule has 15 aromatic rings. The summed E-state index contributed by atoms with van der Waals surface area (Å²) in [5.74, 6) is 2.53. The summed E-state index contributed by atoms with van der Waals surface area (Å²) in [7, 11) is 5.14. The van der Waals surface area contributed by atoms with Gasteiger partial charge in [0, 0.05) is 144 Å². The first-order valence-electron chi connectivity index (χ1n) is 42.1. The Kier molecular flexibility index (Phi) is 27.6. The van der Waals surface area contributed by atoms with Crippen molar-refractivity contribution in [1.82, 2.24) is 59.6 Å². The second kappa shape index (κ2) is 39.1. The second-order valence-electron chi connectivity index (χ2n) is 32.6. The monoisotopic (exact) mass is 1650 g/mol. The van der Waals surface area contributed by atoms with Gasteiger partial charge in [0.2, 0.25) is 0 Å². The number of benzene rings is 12. The molecule has 3 amide bonds. The van der Waals surface area contributed by atoms with E-state index in [1.54, 1.807) is 46.8 Å². The van der Waals surface area contributed by atoms with Gasteiger partial charge in [-0.2, -0.15) is 15.3 Å². The maximum absolute atomic E-state index is 13.8. The largest absolute Gasteiger partial charge is 1.00 e. The number of rotatable bonds is 21. The maximum Gasteiger partial charge on any atom is 1.00 e. The van der Waals surface area contributed by atoms with Gasteiger partial charge in [-0.3, -0.25) is 43.1 Å². The molecule has 0 saturated carbocycles. The molecule has 20 nitrogen and oxygen atoms in total. The molecule has 3 N–H and O–H groups in total. The van der Waals surface area contributed by atoms with E-state index < -0.39 is 5.60 Å². The molecular weight excluding hydrogens is 1550 g/mol. The van der Waals surface area contributed by atoms with Gasteiger partial charge in [0.05, 0.1) is 58.1 Å². The first-order chi connectivity index (χ1) is 59.0. The summed E-state index contributed by atoms with van der Waals surface area (Å²) >= 11 is 0. The summed E-state index contributed by atoms with van der Waals surface area (Å²) in [4.78, 5) is 50.4. The zero-order chi connectivity index (χ0) is 83.7. The van der Waals surface area contributed by atoms with E-state index in [1.165, 1.54) is 60.0 Å². The normalized spacial score (nSPS) is 14.0. The van der Waals surface area contributed by atoms with Crippen LogP contribution in [0.3, 0.4) is 0 Å². The van der Waals surface area contributed by atoms with E-state index in [0.717, 1.165) is 179 Å². The molecule has 0 spiro atoms. The van der Waals surface area contributed by atoms with E-state index in [4.69, 9.17) is 29.5 Å². The van der Waals surface area contributed by atoms with Crippen molar-refractivity contribution in [1.29, 1.82) is 0 Å². The summed E-state index contributed by atoms with van der Waals surface area (Å²) in [5.41, 5.74) is 14.6. The number of aliphatic hydroxyl groups is 1. The van der Waals surface area contributed by atoms with Crippen LogP contribution < -0.4 is 81.3 Å². The van der Waals surface area contributed by atoms with Crippen LogP contribution in [-0.2, 0) is 97.8 Å². The molecule has 0 saturated heterocycles. The van der Waals surface area contributed by atoms with Gasteiger partial charge in [0.1, 0.15) is 34.3 Å². The van der Waals surface area contributed by atoms with Crippen molar-refractivity contribution in [2.75, 3.05) is 54.1 Å². The molecule has 0 aliphatic carbocycles. The molecule has 0 radical (unpaired) electrons. The Balaban J connectivity index is 0.000000138. The van der Waals surface area contributed by atoms with E-state index in [1.807, 2.05) is 74.9 Å². The van der Waals surface area contributed by atoms with Gasteiger partial charge in [-0.05, 0) is 106 Å². The third-order valence-electron chi connectivity index (χ3n) is 23.4. The van der Waals surface area contributed by atoms with E-state index >= 15 is 0 Å². The van der Waals surface area contributed by atoms with Crippen LogP contribution in [0.25, 0.3) is 64.6 Å². The summed E-state index contributed by atoms with van der Waals surface area (Å²) in [6.07, 6.45) is 3.38. The van der Waals surface area contributed by atoms with E-state index in [9.17, 15) is 24.6 Å². The molecular formula is C101H105KN12O8. The molecule has 21 heteroatoms. The van der Waals surface area contributed by atoms with Gasteiger partial charge in [0.15, 0.2) is 0 Å². The number of aromatic nitrogens is 6. The first kappa shape index (κ1) is 86.0. The fourth-order valence-electron chi connectivity index (χ4n) is 17.7. The molecule has 3 aromatic heterocycles. The number of methoxy groups -OCH3 is 3. The van der Waals surface area contributed by atoms with E-state index in [-0.39, 0.29) is 82.3 Å². The summed E-state index contributed by atoms with van der Waals surface area (Å²) in [5, 5.41) is 54.6. The molecule has 618 valence electrons. The molecule has 0 atom stereocenters. The predicted octanol–water partition coefficient (Wildman–Crippen LogP) is 13.3. The fourth-order valence-corrected chi connectivity index (χ4v) is 17.7. The molecule has 4 aliphatic heterocycles. The summed E-state index contributed by atoms with van der Waals surface area (Å²) in [6.45, 7) is 18.0. The molecule has 12 aromatic carbocycles. The third-order valence-corrected chi connectivity index (χ3v) is 23.4. The number of carbonyl (C=O) groups excluding carboxylic acids is 3. The van der Waals surface area contributed by atoms with Crippen LogP contribution in [-0.4, -0.2) is 131 Å². The van der Waals surface area contributed by atoms with Crippen molar-refractivity contribution in [3.63, 3.8) is 0 Å². The maximum atomic E-state index is 13.8. The van der Waals surface area contributed by atoms with Crippen molar-refractivity contribution in [3.8, 4) is 17.2 Å². The van der Waals surface area contributed by atoms with Crippen molar-refractivity contribution < 1.29 is 90.2 Å². The number of hydrogen-bond acceptors (Lipinski definition) is 14. The average Bonchev–Trinajstić information content (AvgIpc) is 1.59. The molecule has 19 rings (SSSR count). The quantitative estimate of drug-likeness (QED) is 0.0571. The number of nitrogens with one attached hydrogen (secondary N) is 2. The Morgan fingerprint density at radius 3 is 1.14 bits per heavy atom. The number of fused-ring (bicyclic) bond motifs is 11. The molecule has 0 bridgehead atoms. The average molecular weight is 1650 g/mol. The van der Waals surface area contributed by atoms with Crippen molar-refractivity contribution in [2.24, 2.45) is 0 Å². The smallest absolute Gasteiger partial charge is 0.850 e. The Morgan fingerprint density at radius 2 is 0.746 bits per heavy atom. The van der Waals surface area contributed by atoms with Gasteiger partial charge >= 0.3 is 51.4 Å². The predicted molar refractivity (Wildman–Crippen MR) is 478 cm³/mol. The van der Waals surface area contributed by atoms with Gasteiger partial charge in [0.25, 0.3) is 17.7 Å². The number of carbonyl (C=O) groups is 3. The molecule has 0 unspecified atom stereocenters. The van der Waals surface area contributed by atoms with Crippen LogP contribution in [0.5, 0.6) is 17.2 Å². The van der Waals surface area contributed by atoms with Gasteiger partial charge < -0.3 is 40.0 Å². The summed E-state index contributed by atoms with van der Waals surface area (Å²) in [6, 6.07) is 81.3. The number of aliphatic hydroxyl groups excluding tert-OH is 1. The van der Waals surface area contributed by atoms with Crippen LogP contribution in [0.1, 0.15) is 133 Å². The summed E-state index contributed by atoms with van der Waals surface area (Å²) < 4.78 is 22.3. The van der Waals surface area contributed by atoms with Gasteiger partial charge in [-0.25, -0.2) is 0 Å². The molecule has 7 heterocycles.